The fourth-order valence-corrected chi connectivity index (χ4v) is 1.56. The van der Waals surface area contributed by atoms with Crippen LogP contribution in [0.1, 0.15) is 31.0 Å². The van der Waals surface area contributed by atoms with Crippen molar-refractivity contribution >= 4 is 5.97 Å². The van der Waals surface area contributed by atoms with Crippen LogP contribution in [0.5, 0.6) is 0 Å². The minimum Gasteiger partial charge on any atom is -0.463 e. The second-order valence-corrected chi connectivity index (χ2v) is 4.20. The third-order valence-corrected chi connectivity index (χ3v) is 2.66. The molecule has 0 heterocycles. The van der Waals surface area contributed by atoms with Crippen LogP contribution in [-0.2, 0) is 9.53 Å². The monoisotopic (exact) mass is 247 g/mol. The number of carbonyl (C=O) groups excluding carboxylic acids is 1. The largest absolute Gasteiger partial charge is 0.463 e. The summed E-state index contributed by atoms with van der Waals surface area (Å²) in [5.41, 5.74) is 2.50. The third kappa shape index (κ3) is 5.15. The Morgan fingerprint density at radius 3 is 2.67 bits per heavy atom. The first-order chi connectivity index (χ1) is 8.63. The van der Waals surface area contributed by atoms with Crippen LogP contribution in [0, 0.1) is 6.92 Å². The Morgan fingerprint density at radius 2 is 2.06 bits per heavy atom. The van der Waals surface area contributed by atoms with Crippen molar-refractivity contribution in [3.63, 3.8) is 0 Å². The van der Waals surface area contributed by atoms with Crippen molar-refractivity contribution in [1.29, 1.82) is 0 Å². The number of ether oxygens (including phenoxy) is 1. The molecule has 1 rings (SSSR count). The second-order valence-electron chi connectivity index (χ2n) is 4.20. The SMILES string of the molecule is CCOC(=O)/C=C/CNC(C)c1ccc(C)cc1. The lowest BCUT2D eigenvalue weighted by Crippen LogP contribution is -2.18. The normalized spacial score (nSPS) is 12.6. The molecule has 0 spiro atoms. The van der Waals surface area contributed by atoms with Gasteiger partial charge in [0, 0.05) is 18.7 Å². The van der Waals surface area contributed by atoms with E-state index in [-0.39, 0.29) is 12.0 Å². The standard InChI is InChI=1S/C15H21NO2/c1-4-18-15(17)6-5-11-16-13(3)14-9-7-12(2)8-10-14/h5-10,13,16H,4,11H2,1-3H3/b6-5+. The number of esters is 1. The first kappa shape index (κ1) is 14.5. The molecule has 1 aromatic rings. The van der Waals surface area contributed by atoms with E-state index in [1.165, 1.54) is 17.2 Å². The molecule has 0 aromatic heterocycles. The summed E-state index contributed by atoms with van der Waals surface area (Å²) in [7, 11) is 0. The minimum absolute atomic E-state index is 0.262. The van der Waals surface area contributed by atoms with Crippen LogP contribution >= 0.6 is 0 Å². The number of nitrogens with one attached hydrogen (secondary N) is 1. The van der Waals surface area contributed by atoms with Crippen LogP contribution in [0.2, 0.25) is 0 Å². The summed E-state index contributed by atoms with van der Waals surface area (Å²) >= 11 is 0. The Bertz CT molecular complexity index is 395. The predicted molar refractivity (Wildman–Crippen MR) is 73.4 cm³/mol. The number of hydrogen-bond acceptors (Lipinski definition) is 3. The zero-order valence-electron chi connectivity index (χ0n) is 11.3. The molecular formula is C15H21NO2. The maximum Gasteiger partial charge on any atom is 0.330 e. The first-order valence-electron chi connectivity index (χ1n) is 6.26. The van der Waals surface area contributed by atoms with Crippen LogP contribution in [0.25, 0.3) is 0 Å². The van der Waals surface area contributed by atoms with E-state index < -0.39 is 0 Å². The van der Waals surface area contributed by atoms with E-state index >= 15 is 0 Å². The molecule has 18 heavy (non-hydrogen) atoms. The Hall–Kier alpha value is -1.61. The number of hydrogen-bond donors (Lipinski definition) is 1. The van der Waals surface area contributed by atoms with E-state index in [0.717, 1.165) is 0 Å². The van der Waals surface area contributed by atoms with Gasteiger partial charge in [-0.25, -0.2) is 4.79 Å². The Morgan fingerprint density at radius 1 is 1.39 bits per heavy atom. The number of carbonyl (C=O) groups is 1. The van der Waals surface area contributed by atoms with Gasteiger partial charge < -0.3 is 10.1 Å². The Labute approximate surface area is 109 Å². The van der Waals surface area contributed by atoms with E-state index in [1.54, 1.807) is 13.0 Å². The molecule has 0 saturated heterocycles. The van der Waals surface area contributed by atoms with Crippen molar-refractivity contribution in [2.75, 3.05) is 13.2 Å². The van der Waals surface area contributed by atoms with Crippen LogP contribution in [0.4, 0.5) is 0 Å². The van der Waals surface area contributed by atoms with E-state index in [0.29, 0.717) is 13.2 Å². The minimum atomic E-state index is -0.290. The highest BCUT2D eigenvalue weighted by molar-refractivity contribution is 5.81. The second kappa shape index (κ2) is 7.67. The van der Waals surface area contributed by atoms with Crippen LogP contribution in [-0.4, -0.2) is 19.1 Å². The van der Waals surface area contributed by atoms with Gasteiger partial charge in [-0.05, 0) is 26.3 Å². The summed E-state index contributed by atoms with van der Waals surface area (Å²) in [5, 5.41) is 3.32. The van der Waals surface area contributed by atoms with Gasteiger partial charge in [-0.15, -0.1) is 0 Å². The quantitative estimate of drug-likeness (QED) is 0.620. The number of aryl methyl sites for hydroxylation is 1. The third-order valence-electron chi connectivity index (χ3n) is 2.66. The van der Waals surface area contributed by atoms with Crippen molar-refractivity contribution in [2.45, 2.75) is 26.8 Å². The number of rotatable bonds is 6. The Balaban J connectivity index is 2.35. The van der Waals surface area contributed by atoms with Crippen molar-refractivity contribution in [3.05, 3.63) is 47.5 Å². The molecule has 3 heteroatoms. The lowest BCUT2D eigenvalue weighted by molar-refractivity contribution is -0.137. The molecule has 1 unspecified atom stereocenters. The molecule has 1 aromatic carbocycles. The summed E-state index contributed by atoms with van der Waals surface area (Å²) in [6, 6.07) is 8.69. The molecular weight excluding hydrogens is 226 g/mol. The first-order valence-corrected chi connectivity index (χ1v) is 6.26. The van der Waals surface area contributed by atoms with Crippen LogP contribution in [0.15, 0.2) is 36.4 Å². The van der Waals surface area contributed by atoms with Crippen molar-refractivity contribution in [1.82, 2.24) is 5.32 Å². The lowest BCUT2D eigenvalue weighted by Gasteiger charge is -2.12. The van der Waals surface area contributed by atoms with Gasteiger partial charge in [-0.3, -0.25) is 0 Å². The van der Waals surface area contributed by atoms with E-state index in [1.807, 2.05) is 0 Å². The molecule has 0 bridgehead atoms. The molecule has 1 atom stereocenters. The highest BCUT2D eigenvalue weighted by Crippen LogP contribution is 2.12. The van der Waals surface area contributed by atoms with Gasteiger partial charge in [0.15, 0.2) is 0 Å². The molecule has 0 saturated carbocycles. The topological polar surface area (TPSA) is 38.3 Å². The van der Waals surface area contributed by atoms with Gasteiger partial charge in [-0.1, -0.05) is 35.9 Å². The lowest BCUT2D eigenvalue weighted by atomic mass is 10.1. The molecule has 0 aliphatic heterocycles. The van der Waals surface area contributed by atoms with Gasteiger partial charge in [0.1, 0.15) is 0 Å². The van der Waals surface area contributed by atoms with E-state index in [4.69, 9.17) is 4.74 Å². The van der Waals surface area contributed by atoms with Gasteiger partial charge in [0.25, 0.3) is 0 Å². The zero-order valence-corrected chi connectivity index (χ0v) is 11.3. The highest BCUT2D eigenvalue weighted by atomic mass is 16.5. The maximum atomic E-state index is 11.1. The average molecular weight is 247 g/mol. The molecule has 3 nitrogen and oxygen atoms in total. The van der Waals surface area contributed by atoms with E-state index in [2.05, 4.69) is 43.4 Å². The smallest absolute Gasteiger partial charge is 0.330 e. The molecule has 0 fully saturated rings. The van der Waals surface area contributed by atoms with Crippen LogP contribution < -0.4 is 5.32 Å². The maximum absolute atomic E-state index is 11.1. The van der Waals surface area contributed by atoms with Gasteiger partial charge in [0.05, 0.1) is 6.61 Å². The van der Waals surface area contributed by atoms with Crippen molar-refractivity contribution in [3.8, 4) is 0 Å². The molecule has 0 aliphatic rings. The van der Waals surface area contributed by atoms with Crippen LogP contribution in [0.3, 0.4) is 0 Å². The fraction of sp³-hybridized carbons (Fsp3) is 0.400. The van der Waals surface area contributed by atoms with E-state index in [9.17, 15) is 4.79 Å². The summed E-state index contributed by atoms with van der Waals surface area (Å²) in [6.45, 7) is 7.03. The van der Waals surface area contributed by atoms with Gasteiger partial charge in [-0.2, -0.15) is 0 Å². The summed E-state index contributed by atoms with van der Waals surface area (Å²) < 4.78 is 4.79. The predicted octanol–water partition coefficient (Wildman–Crippen LogP) is 2.76. The summed E-state index contributed by atoms with van der Waals surface area (Å²) in [6.07, 6.45) is 3.24. The van der Waals surface area contributed by atoms with Gasteiger partial charge in [0.2, 0.25) is 0 Å². The highest BCUT2D eigenvalue weighted by Gasteiger charge is 2.02. The van der Waals surface area contributed by atoms with Gasteiger partial charge >= 0.3 is 5.97 Å². The average Bonchev–Trinajstić information content (AvgIpc) is 2.35. The summed E-state index contributed by atoms with van der Waals surface area (Å²) in [4.78, 5) is 11.1. The fourth-order valence-electron chi connectivity index (χ4n) is 1.56. The molecule has 0 aliphatic carbocycles. The van der Waals surface area contributed by atoms with Crippen molar-refractivity contribution < 1.29 is 9.53 Å². The number of benzene rings is 1. The summed E-state index contributed by atoms with van der Waals surface area (Å²) in [5.74, 6) is -0.290. The molecule has 0 amide bonds. The Kier molecular flexibility index (Phi) is 6.15. The molecule has 0 radical (unpaired) electrons. The zero-order chi connectivity index (χ0) is 13.4. The van der Waals surface area contributed by atoms with Crippen molar-refractivity contribution in [2.24, 2.45) is 0 Å². The molecule has 98 valence electrons. The molecule has 1 N–H and O–H groups in total.